The molecule has 3 heteroatoms. The van der Waals surface area contributed by atoms with Gasteiger partial charge in [-0.3, -0.25) is 4.79 Å². The summed E-state index contributed by atoms with van der Waals surface area (Å²) in [5.41, 5.74) is 0.937. The highest BCUT2D eigenvalue weighted by Gasteiger charge is 2.18. The highest BCUT2D eigenvalue weighted by Crippen LogP contribution is 2.17. The maximum Gasteiger partial charge on any atom is 0.138 e. The fourth-order valence-corrected chi connectivity index (χ4v) is 2.33. The molecule has 0 saturated carbocycles. The second-order valence-corrected chi connectivity index (χ2v) is 4.71. The van der Waals surface area contributed by atoms with E-state index in [0.717, 1.165) is 18.5 Å². The van der Waals surface area contributed by atoms with Crippen LogP contribution in [0.25, 0.3) is 0 Å². The van der Waals surface area contributed by atoms with E-state index in [4.69, 9.17) is 11.6 Å². The monoisotopic (exact) mass is 237 g/mol. The minimum absolute atomic E-state index is 0.271. The zero-order valence-electron chi connectivity index (χ0n) is 9.21. The largest absolute Gasteiger partial charge is 0.314 e. The molecule has 1 aliphatic rings. The Balaban J connectivity index is 1.89. The van der Waals surface area contributed by atoms with Gasteiger partial charge in [0.05, 0.1) is 0 Å². The predicted molar refractivity (Wildman–Crippen MR) is 65.8 cm³/mol. The molecule has 86 valence electrons. The quantitative estimate of drug-likeness (QED) is 0.872. The van der Waals surface area contributed by atoms with Gasteiger partial charge in [0.1, 0.15) is 5.78 Å². The van der Waals surface area contributed by atoms with Crippen LogP contribution in [-0.4, -0.2) is 18.4 Å². The third kappa shape index (κ3) is 3.06. The zero-order valence-corrected chi connectivity index (χ0v) is 9.96. The van der Waals surface area contributed by atoms with E-state index in [9.17, 15) is 4.79 Å². The Kier molecular flexibility index (Phi) is 3.97. The number of hydrogen-bond acceptors (Lipinski definition) is 2. The molecular formula is C13H16ClNO. The first-order valence-corrected chi connectivity index (χ1v) is 6.12. The number of halogens is 1. The molecule has 2 nitrogen and oxygen atoms in total. The van der Waals surface area contributed by atoms with Crippen molar-refractivity contribution < 1.29 is 4.79 Å². The average Bonchev–Trinajstić information content (AvgIpc) is 2.74. The molecule has 1 fully saturated rings. The van der Waals surface area contributed by atoms with Gasteiger partial charge in [-0.1, -0.05) is 29.8 Å². The van der Waals surface area contributed by atoms with E-state index >= 15 is 0 Å². The second-order valence-electron chi connectivity index (χ2n) is 4.30. The third-order valence-electron chi connectivity index (χ3n) is 2.98. The van der Waals surface area contributed by atoms with Crippen LogP contribution in [-0.2, 0) is 11.2 Å². The summed E-state index contributed by atoms with van der Waals surface area (Å²) >= 11 is 6.02. The van der Waals surface area contributed by atoms with Gasteiger partial charge in [0, 0.05) is 23.9 Å². The lowest BCUT2D eigenvalue weighted by molar-refractivity contribution is -0.118. The molecule has 1 heterocycles. The van der Waals surface area contributed by atoms with E-state index in [-0.39, 0.29) is 5.78 Å². The SMILES string of the molecule is O=C(Cc1ccccc1Cl)CC1CCCN1. The highest BCUT2D eigenvalue weighted by molar-refractivity contribution is 6.31. The topological polar surface area (TPSA) is 29.1 Å². The molecule has 1 aliphatic heterocycles. The van der Waals surface area contributed by atoms with Crippen molar-refractivity contribution in [1.82, 2.24) is 5.32 Å². The third-order valence-corrected chi connectivity index (χ3v) is 3.35. The summed E-state index contributed by atoms with van der Waals surface area (Å²) in [5.74, 6) is 0.271. The van der Waals surface area contributed by atoms with Gasteiger partial charge in [0.15, 0.2) is 0 Å². The van der Waals surface area contributed by atoms with Crippen molar-refractivity contribution in [3.63, 3.8) is 0 Å². The number of benzene rings is 1. The molecule has 0 aromatic heterocycles. The average molecular weight is 238 g/mol. The summed E-state index contributed by atoms with van der Waals surface area (Å²) in [7, 11) is 0. The van der Waals surface area contributed by atoms with Crippen molar-refractivity contribution >= 4 is 17.4 Å². The molecular weight excluding hydrogens is 222 g/mol. The molecule has 16 heavy (non-hydrogen) atoms. The first-order chi connectivity index (χ1) is 7.75. The molecule has 2 rings (SSSR count). The lowest BCUT2D eigenvalue weighted by atomic mass is 10.0. The van der Waals surface area contributed by atoms with E-state index in [1.807, 2.05) is 24.3 Å². The van der Waals surface area contributed by atoms with Crippen LogP contribution < -0.4 is 5.32 Å². The van der Waals surface area contributed by atoms with Crippen molar-refractivity contribution in [2.24, 2.45) is 0 Å². The van der Waals surface area contributed by atoms with Crippen LogP contribution in [0.3, 0.4) is 0 Å². The summed E-state index contributed by atoms with van der Waals surface area (Å²) in [5, 5.41) is 4.02. The van der Waals surface area contributed by atoms with Gasteiger partial charge < -0.3 is 5.32 Å². The number of Topliss-reactive ketones (excluding diaryl/α,β-unsaturated/α-hetero) is 1. The maximum absolute atomic E-state index is 11.8. The smallest absolute Gasteiger partial charge is 0.138 e. The lowest BCUT2D eigenvalue weighted by Gasteiger charge is -2.09. The summed E-state index contributed by atoms with van der Waals surface area (Å²) in [6.45, 7) is 1.05. The van der Waals surface area contributed by atoms with Gasteiger partial charge >= 0.3 is 0 Å². The van der Waals surface area contributed by atoms with Crippen LogP contribution in [0.2, 0.25) is 5.02 Å². The van der Waals surface area contributed by atoms with Crippen LogP contribution in [0.1, 0.15) is 24.8 Å². The van der Waals surface area contributed by atoms with Gasteiger partial charge in [0.25, 0.3) is 0 Å². The van der Waals surface area contributed by atoms with E-state index in [0.29, 0.717) is 23.9 Å². The molecule has 0 amide bonds. The Labute approximate surface area is 101 Å². The van der Waals surface area contributed by atoms with Crippen molar-refractivity contribution in [2.45, 2.75) is 31.7 Å². The summed E-state index contributed by atoms with van der Waals surface area (Å²) < 4.78 is 0. The summed E-state index contributed by atoms with van der Waals surface area (Å²) in [4.78, 5) is 11.8. The Morgan fingerprint density at radius 1 is 1.44 bits per heavy atom. The van der Waals surface area contributed by atoms with Crippen molar-refractivity contribution in [2.75, 3.05) is 6.54 Å². The van der Waals surface area contributed by atoms with E-state index in [1.165, 1.54) is 6.42 Å². The minimum Gasteiger partial charge on any atom is -0.314 e. The van der Waals surface area contributed by atoms with Crippen LogP contribution in [0, 0.1) is 0 Å². The van der Waals surface area contributed by atoms with E-state index in [1.54, 1.807) is 0 Å². The number of rotatable bonds is 4. The second kappa shape index (κ2) is 5.46. The predicted octanol–water partition coefficient (Wildman–Crippen LogP) is 2.59. The molecule has 1 aromatic carbocycles. The number of carbonyl (C=O) groups is 1. The normalized spacial score (nSPS) is 19.9. The van der Waals surface area contributed by atoms with Gasteiger partial charge in [-0.15, -0.1) is 0 Å². The van der Waals surface area contributed by atoms with Gasteiger partial charge in [-0.2, -0.15) is 0 Å². The highest BCUT2D eigenvalue weighted by atomic mass is 35.5. The van der Waals surface area contributed by atoms with E-state index < -0.39 is 0 Å². The van der Waals surface area contributed by atoms with Crippen LogP contribution in [0.15, 0.2) is 24.3 Å². The van der Waals surface area contributed by atoms with Crippen LogP contribution in [0.4, 0.5) is 0 Å². The fourth-order valence-electron chi connectivity index (χ4n) is 2.13. The summed E-state index contributed by atoms with van der Waals surface area (Å²) in [6.07, 6.45) is 3.39. The molecule has 1 unspecified atom stereocenters. The van der Waals surface area contributed by atoms with Crippen LogP contribution >= 0.6 is 11.6 Å². The molecule has 0 radical (unpaired) electrons. The fraction of sp³-hybridized carbons (Fsp3) is 0.462. The van der Waals surface area contributed by atoms with Crippen LogP contribution in [0.5, 0.6) is 0 Å². The number of hydrogen-bond donors (Lipinski definition) is 1. The number of carbonyl (C=O) groups excluding carboxylic acids is 1. The lowest BCUT2D eigenvalue weighted by Crippen LogP contribution is -2.25. The van der Waals surface area contributed by atoms with Crippen molar-refractivity contribution in [3.05, 3.63) is 34.9 Å². The Hall–Kier alpha value is -0.860. The molecule has 0 spiro atoms. The standard InChI is InChI=1S/C13H16ClNO/c14-13-6-2-1-4-10(13)8-12(16)9-11-5-3-7-15-11/h1-2,4,6,11,15H,3,5,7-9H2. The molecule has 1 N–H and O–H groups in total. The van der Waals surface area contributed by atoms with Crippen molar-refractivity contribution in [1.29, 1.82) is 0 Å². The van der Waals surface area contributed by atoms with Gasteiger partial charge in [-0.05, 0) is 31.0 Å². The number of ketones is 1. The molecule has 1 aromatic rings. The Bertz CT molecular complexity index is 372. The first kappa shape index (κ1) is 11.6. The van der Waals surface area contributed by atoms with Gasteiger partial charge in [0.2, 0.25) is 0 Å². The van der Waals surface area contributed by atoms with Crippen molar-refractivity contribution in [3.8, 4) is 0 Å². The molecule has 1 atom stereocenters. The molecule has 1 saturated heterocycles. The Morgan fingerprint density at radius 2 is 2.25 bits per heavy atom. The summed E-state index contributed by atoms with van der Waals surface area (Å²) in [6, 6.07) is 7.94. The Morgan fingerprint density at radius 3 is 2.94 bits per heavy atom. The molecule has 0 aliphatic carbocycles. The molecule has 0 bridgehead atoms. The number of nitrogens with one attached hydrogen (secondary N) is 1. The maximum atomic E-state index is 11.8. The zero-order chi connectivity index (χ0) is 11.4. The van der Waals surface area contributed by atoms with E-state index in [2.05, 4.69) is 5.32 Å². The van der Waals surface area contributed by atoms with Gasteiger partial charge in [-0.25, -0.2) is 0 Å². The first-order valence-electron chi connectivity index (χ1n) is 5.74. The minimum atomic E-state index is 0.271.